The van der Waals surface area contributed by atoms with Crippen LogP contribution < -0.4 is 5.32 Å². The maximum atomic E-state index is 12.2. The molecule has 6 heteroatoms. The highest BCUT2D eigenvalue weighted by Crippen LogP contribution is 2.31. The molecule has 0 fully saturated rings. The molecule has 0 spiro atoms. The molecule has 0 heterocycles. The van der Waals surface area contributed by atoms with Gasteiger partial charge in [-0.15, -0.1) is 0 Å². The van der Waals surface area contributed by atoms with Crippen LogP contribution >= 0.6 is 0 Å². The number of ketones is 1. The first-order valence-electron chi connectivity index (χ1n) is 9.12. The van der Waals surface area contributed by atoms with Crippen molar-refractivity contribution in [3.63, 3.8) is 0 Å². The summed E-state index contributed by atoms with van der Waals surface area (Å²) in [5, 5.41) is 2.88. The summed E-state index contributed by atoms with van der Waals surface area (Å²) in [6.45, 7) is 9.09. The topological polar surface area (TPSA) is 81.7 Å². The lowest BCUT2D eigenvalue weighted by atomic mass is 9.79. The second kappa shape index (κ2) is 10.3. The Bertz CT molecular complexity index is 510. The van der Waals surface area contributed by atoms with Crippen molar-refractivity contribution >= 4 is 17.7 Å². The molecule has 0 saturated carbocycles. The van der Waals surface area contributed by atoms with Gasteiger partial charge in [0.1, 0.15) is 5.78 Å². The van der Waals surface area contributed by atoms with Gasteiger partial charge in [0.2, 0.25) is 5.91 Å². The van der Waals surface area contributed by atoms with Crippen molar-refractivity contribution in [3.05, 3.63) is 11.6 Å². The standard InChI is InChI=1S/C19H31NO5/c1-6-15(7-2)25-18-11-14(19(23)24-8-3)10-17(20-13(5)22)16(18)9-12(4)21/h11,15-18H,6-10H2,1-5H3,(H,20,22). The van der Waals surface area contributed by atoms with Gasteiger partial charge in [-0.25, -0.2) is 4.79 Å². The molecule has 25 heavy (non-hydrogen) atoms. The minimum atomic E-state index is -0.404. The van der Waals surface area contributed by atoms with Gasteiger partial charge in [-0.2, -0.15) is 0 Å². The van der Waals surface area contributed by atoms with Gasteiger partial charge < -0.3 is 19.6 Å². The van der Waals surface area contributed by atoms with Gasteiger partial charge >= 0.3 is 5.97 Å². The van der Waals surface area contributed by atoms with E-state index in [9.17, 15) is 14.4 Å². The fourth-order valence-electron chi connectivity index (χ4n) is 3.24. The molecule has 0 aromatic heterocycles. The second-order valence-electron chi connectivity index (χ2n) is 6.53. The molecule has 3 unspecified atom stereocenters. The highest BCUT2D eigenvalue weighted by Gasteiger charge is 2.38. The van der Waals surface area contributed by atoms with Gasteiger partial charge in [-0.05, 0) is 39.2 Å². The average Bonchev–Trinajstić information content (AvgIpc) is 2.54. The zero-order valence-corrected chi connectivity index (χ0v) is 16.0. The molecular weight excluding hydrogens is 322 g/mol. The lowest BCUT2D eigenvalue weighted by Crippen LogP contribution is -2.49. The van der Waals surface area contributed by atoms with Crippen LogP contribution in [0, 0.1) is 5.92 Å². The molecule has 0 aliphatic heterocycles. The Balaban J connectivity index is 3.17. The molecular formula is C19H31NO5. The molecule has 6 nitrogen and oxygen atoms in total. The molecule has 142 valence electrons. The monoisotopic (exact) mass is 353 g/mol. The lowest BCUT2D eigenvalue weighted by molar-refractivity contribution is -0.139. The molecule has 1 amide bonds. The Labute approximate surface area is 150 Å². The van der Waals surface area contributed by atoms with Crippen LogP contribution in [0.3, 0.4) is 0 Å². The van der Waals surface area contributed by atoms with Crippen LogP contribution in [-0.4, -0.2) is 42.5 Å². The second-order valence-corrected chi connectivity index (χ2v) is 6.53. The van der Waals surface area contributed by atoms with Gasteiger partial charge in [0.25, 0.3) is 0 Å². The minimum Gasteiger partial charge on any atom is -0.463 e. The SMILES string of the molecule is CCOC(=O)C1=CC(OC(CC)CC)C(CC(C)=O)C(NC(C)=O)C1. The zero-order valence-electron chi connectivity index (χ0n) is 16.0. The first-order chi connectivity index (χ1) is 11.8. The summed E-state index contributed by atoms with van der Waals surface area (Å²) < 4.78 is 11.3. The Kier molecular flexibility index (Phi) is 8.83. The van der Waals surface area contributed by atoms with E-state index in [-0.39, 0.29) is 36.4 Å². The summed E-state index contributed by atoms with van der Waals surface area (Å²) in [6.07, 6.45) is 3.73. The molecule has 3 atom stereocenters. The van der Waals surface area contributed by atoms with Gasteiger partial charge in [-0.3, -0.25) is 4.79 Å². The number of amides is 1. The van der Waals surface area contributed by atoms with E-state index in [0.29, 0.717) is 18.4 Å². The largest absolute Gasteiger partial charge is 0.463 e. The van der Waals surface area contributed by atoms with Crippen molar-refractivity contribution in [1.29, 1.82) is 0 Å². The summed E-state index contributed by atoms with van der Waals surface area (Å²) in [7, 11) is 0. The zero-order chi connectivity index (χ0) is 19.0. The van der Waals surface area contributed by atoms with E-state index in [1.54, 1.807) is 13.0 Å². The summed E-state index contributed by atoms with van der Waals surface area (Å²) >= 11 is 0. The lowest BCUT2D eigenvalue weighted by Gasteiger charge is -2.38. The van der Waals surface area contributed by atoms with Gasteiger partial charge in [0.05, 0.1) is 18.8 Å². The molecule has 1 aliphatic carbocycles. The number of Topliss-reactive ketones (excluding diaryl/α,β-unsaturated/α-hetero) is 1. The van der Waals surface area contributed by atoms with E-state index in [2.05, 4.69) is 5.32 Å². The van der Waals surface area contributed by atoms with Gasteiger partial charge in [0.15, 0.2) is 0 Å². The van der Waals surface area contributed by atoms with Crippen molar-refractivity contribution in [3.8, 4) is 0 Å². The fraction of sp³-hybridized carbons (Fsp3) is 0.737. The van der Waals surface area contributed by atoms with Gasteiger partial charge in [0, 0.05) is 30.9 Å². The number of carbonyl (C=O) groups excluding carboxylic acids is 3. The van der Waals surface area contributed by atoms with E-state index in [4.69, 9.17) is 9.47 Å². The first kappa shape index (κ1) is 21.4. The van der Waals surface area contributed by atoms with Crippen molar-refractivity contribution in [2.45, 2.75) is 78.6 Å². The van der Waals surface area contributed by atoms with Crippen LogP contribution in [0.1, 0.15) is 60.3 Å². The molecule has 0 bridgehead atoms. The number of hydrogen-bond acceptors (Lipinski definition) is 5. The highest BCUT2D eigenvalue weighted by molar-refractivity contribution is 5.89. The van der Waals surface area contributed by atoms with Crippen LogP contribution in [0.5, 0.6) is 0 Å². The fourth-order valence-corrected chi connectivity index (χ4v) is 3.24. The smallest absolute Gasteiger partial charge is 0.333 e. The number of hydrogen-bond donors (Lipinski definition) is 1. The third-order valence-electron chi connectivity index (χ3n) is 4.45. The molecule has 0 radical (unpaired) electrons. The Hall–Kier alpha value is -1.69. The van der Waals surface area contributed by atoms with E-state index in [0.717, 1.165) is 12.8 Å². The maximum absolute atomic E-state index is 12.2. The van der Waals surface area contributed by atoms with E-state index in [1.165, 1.54) is 13.8 Å². The Morgan fingerprint density at radius 1 is 1.20 bits per heavy atom. The van der Waals surface area contributed by atoms with E-state index >= 15 is 0 Å². The quantitative estimate of drug-likeness (QED) is 0.644. The summed E-state index contributed by atoms with van der Waals surface area (Å²) in [4.78, 5) is 35.6. The van der Waals surface area contributed by atoms with Crippen LogP contribution in [0.25, 0.3) is 0 Å². The highest BCUT2D eigenvalue weighted by atomic mass is 16.5. The van der Waals surface area contributed by atoms with E-state index < -0.39 is 12.1 Å². The van der Waals surface area contributed by atoms with Crippen molar-refractivity contribution in [2.24, 2.45) is 5.92 Å². The molecule has 1 N–H and O–H groups in total. The van der Waals surface area contributed by atoms with Crippen LogP contribution in [0.2, 0.25) is 0 Å². The van der Waals surface area contributed by atoms with Gasteiger partial charge in [-0.1, -0.05) is 13.8 Å². The minimum absolute atomic E-state index is 0.0338. The van der Waals surface area contributed by atoms with Crippen LogP contribution in [0.4, 0.5) is 0 Å². The average molecular weight is 353 g/mol. The normalized spacial score (nSPS) is 23.1. The molecule has 0 aromatic carbocycles. The summed E-state index contributed by atoms with van der Waals surface area (Å²) in [5.74, 6) is -0.742. The van der Waals surface area contributed by atoms with Crippen LogP contribution in [-0.2, 0) is 23.9 Å². The van der Waals surface area contributed by atoms with Crippen molar-refractivity contribution in [1.82, 2.24) is 5.32 Å². The third kappa shape index (κ3) is 6.61. The Morgan fingerprint density at radius 2 is 1.84 bits per heavy atom. The molecule has 1 aliphatic rings. The molecule has 1 rings (SSSR count). The van der Waals surface area contributed by atoms with Crippen molar-refractivity contribution in [2.75, 3.05) is 6.61 Å². The maximum Gasteiger partial charge on any atom is 0.333 e. The first-order valence-corrected chi connectivity index (χ1v) is 9.12. The number of ether oxygens (including phenoxy) is 2. The number of nitrogens with one attached hydrogen (secondary N) is 1. The molecule has 0 saturated heterocycles. The Morgan fingerprint density at radius 3 is 2.32 bits per heavy atom. The van der Waals surface area contributed by atoms with Crippen molar-refractivity contribution < 1.29 is 23.9 Å². The predicted octanol–water partition coefficient (Wildman–Crippen LogP) is 2.55. The van der Waals surface area contributed by atoms with Crippen LogP contribution in [0.15, 0.2) is 11.6 Å². The summed E-state index contributed by atoms with van der Waals surface area (Å²) in [5.41, 5.74) is 0.497. The molecule has 0 aromatic rings. The summed E-state index contributed by atoms with van der Waals surface area (Å²) in [6, 6.07) is -0.329. The van der Waals surface area contributed by atoms with E-state index in [1.807, 2.05) is 13.8 Å². The predicted molar refractivity (Wildman–Crippen MR) is 95.0 cm³/mol. The number of carbonyl (C=O) groups is 3. The number of rotatable bonds is 9. The number of esters is 1. The third-order valence-corrected chi connectivity index (χ3v) is 4.45.